The number of aromatic nitrogens is 1. The highest BCUT2D eigenvalue weighted by molar-refractivity contribution is 5.73. The summed E-state index contributed by atoms with van der Waals surface area (Å²) in [6.07, 6.45) is 5.16. The number of hydrogen-bond donors (Lipinski definition) is 1. The Morgan fingerprint density at radius 3 is 3.04 bits per heavy atom. The molecule has 2 aliphatic rings. The molecule has 1 aliphatic carbocycles. The summed E-state index contributed by atoms with van der Waals surface area (Å²) in [5, 5.41) is 7.18. The highest BCUT2D eigenvalue weighted by Crippen LogP contribution is 2.26. The third-order valence-corrected chi connectivity index (χ3v) is 5.79. The number of nitrogens with one attached hydrogen (secondary N) is 1. The van der Waals surface area contributed by atoms with E-state index in [2.05, 4.69) is 15.4 Å². The summed E-state index contributed by atoms with van der Waals surface area (Å²) in [4.78, 5) is 16.2. The Labute approximate surface area is 164 Å². The third kappa shape index (κ3) is 3.98. The quantitative estimate of drug-likeness (QED) is 0.856. The second kappa shape index (κ2) is 8.20. The van der Waals surface area contributed by atoms with Crippen LogP contribution in [0.3, 0.4) is 0 Å². The highest BCUT2D eigenvalue weighted by Gasteiger charge is 2.26. The molecule has 6 nitrogen and oxygen atoms in total. The topological polar surface area (TPSA) is 61.6 Å². The summed E-state index contributed by atoms with van der Waals surface area (Å²) in [5.41, 5.74) is 2.70. The van der Waals surface area contributed by atoms with Crippen molar-refractivity contribution in [2.24, 2.45) is 5.92 Å². The van der Waals surface area contributed by atoms with Gasteiger partial charge in [0.15, 0.2) is 0 Å². The number of aryl methyl sites for hydroxylation is 1. The smallest absolute Gasteiger partial charge is 0.317 e. The van der Waals surface area contributed by atoms with Crippen molar-refractivity contribution in [1.82, 2.24) is 15.4 Å². The van der Waals surface area contributed by atoms with Crippen molar-refractivity contribution in [3.63, 3.8) is 0 Å². The molecule has 1 atom stereocenters. The molecule has 1 aliphatic heterocycles. The van der Waals surface area contributed by atoms with Crippen LogP contribution in [0.4, 0.5) is 14.9 Å². The second-order valence-corrected chi connectivity index (χ2v) is 7.83. The van der Waals surface area contributed by atoms with Crippen LogP contribution in [0.25, 0.3) is 0 Å². The lowest BCUT2D eigenvalue weighted by molar-refractivity contribution is 0.204. The van der Waals surface area contributed by atoms with Crippen molar-refractivity contribution in [2.75, 3.05) is 31.6 Å². The van der Waals surface area contributed by atoms with Gasteiger partial charge in [-0.15, -0.1) is 0 Å². The molecule has 1 fully saturated rings. The van der Waals surface area contributed by atoms with Crippen LogP contribution in [0.5, 0.6) is 0 Å². The van der Waals surface area contributed by atoms with Gasteiger partial charge in [-0.05, 0) is 43.7 Å². The van der Waals surface area contributed by atoms with Crippen LogP contribution in [-0.4, -0.2) is 42.8 Å². The number of urea groups is 1. The van der Waals surface area contributed by atoms with E-state index in [4.69, 9.17) is 4.52 Å². The predicted molar refractivity (Wildman–Crippen MR) is 105 cm³/mol. The fraction of sp³-hybridized carbons (Fsp3) is 0.524. The number of benzene rings is 1. The van der Waals surface area contributed by atoms with Gasteiger partial charge >= 0.3 is 6.03 Å². The first-order valence-electron chi connectivity index (χ1n) is 10.1. The number of fused-ring (bicyclic) bond motifs is 1. The van der Waals surface area contributed by atoms with E-state index in [9.17, 15) is 9.18 Å². The normalized spacial score (nSPS) is 18.8. The molecule has 2 aromatic rings. The highest BCUT2D eigenvalue weighted by atomic mass is 19.1. The Bertz CT molecular complexity index is 838. The van der Waals surface area contributed by atoms with Crippen molar-refractivity contribution >= 4 is 11.7 Å². The molecule has 0 spiro atoms. The zero-order valence-corrected chi connectivity index (χ0v) is 16.3. The van der Waals surface area contributed by atoms with Crippen LogP contribution in [-0.2, 0) is 19.4 Å². The van der Waals surface area contributed by atoms with E-state index in [-0.39, 0.29) is 11.8 Å². The van der Waals surface area contributed by atoms with Crippen molar-refractivity contribution in [3.05, 3.63) is 47.1 Å². The van der Waals surface area contributed by atoms with E-state index in [0.717, 1.165) is 56.6 Å². The van der Waals surface area contributed by atoms with Gasteiger partial charge in [0.2, 0.25) is 0 Å². The predicted octanol–water partition coefficient (Wildman–Crippen LogP) is 3.36. The number of nitrogens with zero attached hydrogens (tertiary/aromatic N) is 3. The van der Waals surface area contributed by atoms with Gasteiger partial charge in [-0.1, -0.05) is 17.3 Å². The van der Waals surface area contributed by atoms with Crippen LogP contribution in [0.2, 0.25) is 0 Å². The van der Waals surface area contributed by atoms with E-state index in [1.165, 1.54) is 11.6 Å². The molecule has 7 heteroatoms. The summed E-state index contributed by atoms with van der Waals surface area (Å²) in [6, 6.07) is 6.74. The average molecular weight is 386 g/mol. The SMILES string of the molecule is CN(Cc1noc2c1CCCC2)C(=O)NC[C@H]1CCN(c2ccccc2F)C1. The molecule has 0 saturated carbocycles. The summed E-state index contributed by atoms with van der Waals surface area (Å²) >= 11 is 0. The van der Waals surface area contributed by atoms with Gasteiger partial charge in [-0.25, -0.2) is 9.18 Å². The van der Waals surface area contributed by atoms with Gasteiger partial charge in [-0.2, -0.15) is 0 Å². The number of hydrogen-bond acceptors (Lipinski definition) is 4. The maximum Gasteiger partial charge on any atom is 0.317 e. The van der Waals surface area contributed by atoms with Gasteiger partial charge in [0.25, 0.3) is 0 Å². The van der Waals surface area contributed by atoms with Gasteiger partial charge in [0, 0.05) is 38.7 Å². The molecule has 4 rings (SSSR count). The Morgan fingerprint density at radius 2 is 2.18 bits per heavy atom. The van der Waals surface area contributed by atoms with E-state index in [1.807, 2.05) is 12.1 Å². The first kappa shape index (κ1) is 18.8. The van der Waals surface area contributed by atoms with Crippen LogP contribution in [0.1, 0.15) is 36.3 Å². The van der Waals surface area contributed by atoms with Crippen molar-refractivity contribution in [3.8, 4) is 0 Å². The van der Waals surface area contributed by atoms with Gasteiger partial charge in [0.1, 0.15) is 17.3 Å². The Hall–Kier alpha value is -2.57. The number of carbonyl (C=O) groups excluding carboxylic acids is 1. The number of anilines is 1. The van der Waals surface area contributed by atoms with E-state index < -0.39 is 0 Å². The maximum atomic E-state index is 14.0. The molecule has 0 bridgehead atoms. The molecular weight excluding hydrogens is 359 g/mol. The van der Waals surface area contributed by atoms with Gasteiger partial charge in [-0.3, -0.25) is 0 Å². The van der Waals surface area contributed by atoms with E-state index in [1.54, 1.807) is 18.0 Å². The fourth-order valence-corrected chi connectivity index (χ4v) is 4.16. The molecule has 1 N–H and O–H groups in total. The van der Waals surface area contributed by atoms with Crippen molar-refractivity contribution in [2.45, 2.75) is 38.6 Å². The minimum Gasteiger partial charge on any atom is -0.369 e. The Kier molecular flexibility index (Phi) is 5.50. The molecule has 1 saturated heterocycles. The monoisotopic (exact) mass is 386 g/mol. The zero-order chi connectivity index (χ0) is 19.5. The standard InChI is InChI=1S/C21H27FN4O2/c1-25(14-18-16-6-2-5-9-20(16)28-24-18)21(27)23-12-15-10-11-26(13-15)19-8-4-3-7-17(19)22/h3-4,7-8,15H,2,5-6,9-14H2,1H3,(H,23,27)/t15-/m1/s1. The summed E-state index contributed by atoms with van der Waals surface area (Å²) in [7, 11) is 1.78. The second-order valence-electron chi connectivity index (χ2n) is 7.83. The largest absolute Gasteiger partial charge is 0.369 e. The number of para-hydroxylation sites is 1. The van der Waals surface area contributed by atoms with Gasteiger partial charge < -0.3 is 19.6 Å². The Balaban J connectivity index is 1.26. The first-order valence-corrected chi connectivity index (χ1v) is 10.1. The Morgan fingerprint density at radius 1 is 1.36 bits per heavy atom. The first-order chi connectivity index (χ1) is 13.6. The van der Waals surface area contributed by atoms with E-state index in [0.29, 0.717) is 24.7 Å². The zero-order valence-electron chi connectivity index (χ0n) is 16.3. The lowest BCUT2D eigenvalue weighted by Crippen LogP contribution is -2.40. The molecule has 1 aromatic carbocycles. The molecule has 2 heterocycles. The van der Waals surface area contributed by atoms with Crippen LogP contribution < -0.4 is 10.2 Å². The molecule has 1 aromatic heterocycles. The minimum absolute atomic E-state index is 0.114. The molecule has 0 unspecified atom stereocenters. The van der Waals surface area contributed by atoms with E-state index >= 15 is 0 Å². The van der Waals surface area contributed by atoms with Gasteiger partial charge in [0.05, 0.1) is 12.2 Å². The third-order valence-electron chi connectivity index (χ3n) is 5.79. The molecular formula is C21H27FN4O2. The number of rotatable bonds is 5. The molecule has 0 radical (unpaired) electrons. The maximum absolute atomic E-state index is 14.0. The summed E-state index contributed by atoms with van der Waals surface area (Å²) < 4.78 is 19.4. The average Bonchev–Trinajstić information content (AvgIpc) is 3.34. The van der Waals surface area contributed by atoms with Crippen LogP contribution in [0, 0.1) is 11.7 Å². The van der Waals surface area contributed by atoms with Crippen molar-refractivity contribution in [1.29, 1.82) is 0 Å². The number of amides is 2. The lowest BCUT2D eigenvalue weighted by atomic mass is 9.96. The number of carbonyl (C=O) groups is 1. The molecule has 150 valence electrons. The summed E-state index contributed by atoms with van der Waals surface area (Å²) in [6.45, 7) is 2.60. The molecule has 28 heavy (non-hydrogen) atoms. The molecule has 2 amide bonds. The van der Waals surface area contributed by atoms with Crippen LogP contribution in [0.15, 0.2) is 28.8 Å². The lowest BCUT2D eigenvalue weighted by Gasteiger charge is -2.21. The summed E-state index contributed by atoms with van der Waals surface area (Å²) in [5.74, 6) is 1.11. The number of halogens is 1. The fourth-order valence-electron chi connectivity index (χ4n) is 4.16. The van der Waals surface area contributed by atoms with Crippen molar-refractivity contribution < 1.29 is 13.7 Å². The minimum atomic E-state index is -0.192. The van der Waals surface area contributed by atoms with Crippen LogP contribution >= 0.6 is 0 Å².